The molecule has 3 aromatic carbocycles. The van der Waals surface area contributed by atoms with Crippen molar-refractivity contribution in [1.82, 2.24) is 15.1 Å². The van der Waals surface area contributed by atoms with Crippen LogP contribution in [-0.4, -0.2) is 84.5 Å². The number of hydrogen-bond acceptors (Lipinski definition) is 7. The van der Waals surface area contributed by atoms with Crippen molar-refractivity contribution in [2.45, 2.75) is 89.1 Å². The molecule has 278 valence electrons. The molecule has 4 fully saturated rings. The van der Waals surface area contributed by atoms with E-state index in [4.69, 9.17) is 0 Å². The highest BCUT2D eigenvalue weighted by molar-refractivity contribution is 6.05. The number of piperazine rings is 1. The van der Waals surface area contributed by atoms with E-state index in [0.717, 1.165) is 63.5 Å². The topological polar surface area (TPSA) is 96.4 Å². The first-order chi connectivity index (χ1) is 25.8. The molecule has 2 aliphatic carbocycles. The molecule has 1 saturated carbocycles. The lowest BCUT2D eigenvalue weighted by Crippen LogP contribution is -2.52. The zero-order valence-electron chi connectivity index (χ0n) is 30.9. The summed E-state index contributed by atoms with van der Waals surface area (Å²) in [6, 6.07) is 21.2. The van der Waals surface area contributed by atoms with Gasteiger partial charge in [-0.1, -0.05) is 37.5 Å². The van der Waals surface area contributed by atoms with Gasteiger partial charge in [-0.15, -0.1) is 0 Å². The molecule has 4 heterocycles. The number of nitrogens with zero attached hydrogens (tertiary/aromatic N) is 4. The molecule has 9 nitrogen and oxygen atoms in total. The molecule has 3 saturated heterocycles. The average molecular weight is 716 g/mol. The number of carbonyl (C=O) groups excluding carboxylic acids is 3. The van der Waals surface area contributed by atoms with Crippen LogP contribution < -0.4 is 15.1 Å². The van der Waals surface area contributed by atoms with Crippen LogP contribution in [0.1, 0.15) is 103 Å². The van der Waals surface area contributed by atoms with E-state index in [-0.39, 0.29) is 24.1 Å². The lowest BCUT2D eigenvalue weighted by Gasteiger charge is -2.48. The first kappa shape index (κ1) is 34.4. The van der Waals surface area contributed by atoms with E-state index >= 15 is 0 Å². The highest BCUT2D eigenvalue weighted by atomic mass is 16.3. The number of anilines is 2. The number of fused-ring (bicyclic) bond motifs is 2. The monoisotopic (exact) mass is 715 g/mol. The second kappa shape index (κ2) is 14.1. The number of amides is 3. The van der Waals surface area contributed by atoms with Gasteiger partial charge in [0.2, 0.25) is 11.8 Å². The maximum atomic E-state index is 13.1. The Bertz CT molecular complexity index is 1870. The molecular formula is C44H53N5O4. The predicted molar refractivity (Wildman–Crippen MR) is 206 cm³/mol. The van der Waals surface area contributed by atoms with Crippen molar-refractivity contribution in [3.05, 3.63) is 88.5 Å². The minimum absolute atomic E-state index is 0.116. The number of phenols is 1. The van der Waals surface area contributed by atoms with E-state index in [1.165, 1.54) is 73.7 Å². The predicted octanol–water partition coefficient (Wildman–Crippen LogP) is 6.22. The van der Waals surface area contributed by atoms with Gasteiger partial charge in [0.15, 0.2) is 0 Å². The summed E-state index contributed by atoms with van der Waals surface area (Å²) in [7, 11) is 0. The number of aromatic hydroxyl groups is 1. The van der Waals surface area contributed by atoms with E-state index < -0.39 is 6.04 Å². The summed E-state index contributed by atoms with van der Waals surface area (Å²) in [4.78, 5) is 46.5. The first-order valence-corrected chi connectivity index (χ1v) is 20.3. The molecule has 6 aliphatic rings. The molecule has 0 bridgehead atoms. The van der Waals surface area contributed by atoms with Crippen molar-refractivity contribution in [3.63, 3.8) is 0 Å². The van der Waals surface area contributed by atoms with Crippen LogP contribution in [-0.2, 0) is 22.6 Å². The van der Waals surface area contributed by atoms with Crippen LogP contribution in [0, 0.1) is 11.3 Å². The van der Waals surface area contributed by atoms with Crippen LogP contribution in [0.2, 0.25) is 0 Å². The van der Waals surface area contributed by atoms with Crippen molar-refractivity contribution in [2.75, 3.05) is 55.6 Å². The molecule has 0 radical (unpaired) electrons. The summed E-state index contributed by atoms with van der Waals surface area (Å²) >= 11 is 0. The van der Waals surface area contributed by atoms with Gasteiger partial charge in [0.05, 0.1) is 0 Å². The summed E-state index contributed by atoms with van der Waals surface area (Å²) < 4.78 is 0. The van der Waals surface area contributed by atoms with Crippen LogP contribution >= 0.6 is 0 Å². The number of phenolic OH excluding ortho intramolecular Hbond substituents is 1. The van der Waals surface area contributed by atoms with Gasteiger partial charge in [-0.05, 0) is 121 Å². The van der Waals surface area contributed by atoms with Crippen molar-refractivity contribution < 1.29 is 19.5 Å². The van der Waals surface area contributed by atoms with Gasteiger partial charge in [0.25, 0.3) is 5.91 Å². The Labute approximate surface area is 313 Å². The Morgan fingerprint density at radius 3 is 2.21 bits per heavy atom. The molecule has 9 rings (SSSR count). The smallest absolute Gasteiger partial charge is 0.255 e. The first-order valence-electron chi connectivity index (χ1n) is 20.3. The molecule has 9 heteroatoms. The van der Waals surface area contributed by atoms with E-state index in [1.54, 1.807) is 4.90 Å². The molecule has 3 aromatic rings. The van der Waals surface area contributed by atoms with Crippen LogP contribution in [0.5, 0.6) is 5.75 Å². The second-order valence-electron chi connectivity index (χ2n) is 16.8. The summed E-state index contributed by atoms with van der Waals surface area (Å²) in [6.07, 6.45) is 12.0. The van der Waals surface area contributed by atoms with Crippen LogP contribution in [0.15, 0.2) is 60.7 Å². The number of carbonyl (C=O) groups is 3. The van der Waals surface area contributed by atoms with E-state index in [1.807, 2.05) is 18.2 Å². The molecule has 3 amide bonds. The Morgan fingerprint density at radius 1 is 0.717 bits per heavy atom. The van der Waals surface area contributed by atoms with E-state index in [0.29, 0.717) is 41.5 Å². The number of nitrogens with one attached hydrogen (secondary N) is 1. The Morgan fingerprint density at radius 2 is 1.45 bits per heavy atom. The number of benzene rings is 3. The molecule has 2 atom stereocenters. The molecule has 0 aromatic heterocycles. The number of rotatable bonds is 6. The van der Waals surface area contributed by atoms with Crippen molar-refractivity contribution in [1.29, 1.82) is 0 Å². The van der Waals surface area contributed by atoms with Crippen molar-refractivity contribution in [2.24, 2.45) is 11.3 Å². The third-order valence-electron chi connectivity index (χ3n) is 13.8. The summed E-state index contributed by atoms with van der Waals surface area (Å²) in [6.45, 7) is 7.76. The molecule has 4 aliphatic heterocycles. The second-order valence-corrected chi connectivity index (χ2v) is 16.8. The fraction of sp³-hybridized carbons (Fsp3) is 0.523. The van der Waals surface area contributed by atoms with Crippen LogP contribution in [0.3, 0.4) is 0 Å². The van der Waals surface area contributed by atoms with E-state index in [2.05, 4.69) is 62.5 Å². The summed E-state index contributed by atoms with van der Waals surface area (Å²) in [5, 5.41) is 12.6. The molecule has 53 heavy (non-hydrogen) atoms. The fourth-order valence-electron chi connectivity index (χ4n) is 10.8. The Hall–Kier alpha value is -4.37. The molecule has 1 spiro atoms. The summed E-state index contributed by atoms with van der Waals surface area (Å²) in [5.74, 6) is 0.768. The third kappa shape index (κ3) is 6.59. The lowest BCUT2D eigenvalue weighted by atomic mass is 9.56. The normalized spacial score (nSPS) is 25.1. The largest absolute Gasteiger partial charge is 0.508 e. The van der Waals surface area contributed by atoms with Crippen LogP contribution in [0.25, 0.3) is 0 Å². The van der Waals surface area contributed by atoms with Crippen molar-refractivity contribution in [3.8, 4) is 5.75 Å². The highest BCUT2D eigenvalue weighted by Gasteiger charge is 2.45. The maximum Gasteiger partial charge on any atom is 0.255 e. The number of aryl methyl sites for hydroxylation is 1. The SMILES string of the molecule is O=C1CC[C@H](N2Cc3cc(N4CCN(CC5CCN(c6ccc([C@@H]7c8ccc(O)cc8CCC78CCCCC8)cc6)CC5)CC4)ccc3C2=O)C(=O)N1. The van der Waals surface area contributed by atoms with Crippen LogP contribution in [0.4, 0.5) is 11.4 Å². The molecule has 0 unspecified atom stereocenters. The van der Waals surface area contributed by atoms with Crippen molar-refractivity contribution >= 4 is 29.1 Å². The average Bonchev–Trinajstić information content (AvgIpc) is 3.51. The third-order valence-corrected chi connectivity index (χ3v) is 13.8. The number of piperidine rings is 2. The lowest BCUT2D eigenvalue weighted by molar-refractivity contribution is -0.136. The fourth-order valence-corrected chi connectivity index (χ4v) is 10.8. The number of imide groups is 1. The van der Waals surface area contributed by atoms with Gasteiger partial charge < -0.3 is 19.8 Å². The van der Waals surface area contributed by atoms with Gasteiger partial charge in [-0.2, -0.15) is 0 Å². The minimum atomic E-state index is -0.580. The van der Waals surface area contributed by atoms with Gasteiger partial charge in [-0.25, -0.2) is 0 Å². The van der Waals surface area contributed by atoms with Gasteiger partial charge in [0.1, 0.15) is 11.8 Å². The molecule has 2 N–H and O–H groups in total. The van der Waals surface area contributed by atoms with E-state index in [9.17, 15) is 19.5 Å². The highest BCUT2D eigenvalue weighted by Crippen LogP contribution is 2.57. The zero-order chi connectivity index (χ0) is 36.1. The van der Waals surface area contributed by atoms with Gasteiger partial charge >= 0.3 is 0 Å². The van der Waals surface area contributed by atoms with Gasteiger partial charge in [-0.3, -0.25) is 24.6 Å². The zero-order valence-corrected chi connectivity index (χ0v) is 30.9. The maximum absolute atomic E-state index is 13.1. The quantitative estimate of drug-likeness (QED) is 0.293. The Kier molecular flexibility index (Phi) is 9.17. The number of hydrogen-bond donors (Lipinski definition) is 2. The van der Waals surface area contributed by atoms with Gasteiger partial charge in [0, 0.05) is 81.6 Å². The minimum Gasteiger partial charge on any atom is -0.508 e. The summed E-state index contributed by atoms with van der Waals surface area (Å²) in [5.41, 5.74) is 8.68. The molecular weight excluding hydrogens is 663 g/mol. The standard InChI is InChI=1S/C44H53N5O4/c50-36-9-11-37-32(27-36)14-19-44(17-2-1-3-18-44)41(37)31-4-6-34(7-5-31)47-20-15-30(16-21-47)28-46-22-24-48(25-23-46)35-8-10-38-33(26-35)29-49(43(38)53)39-12-13-40(51)45-42(39)52/h4-11,26-27,30,39,41,50H,1-3,12-25,28-29H2,(H,45,51,52)/t39-,41+/m0/s1. The Balaban J connectivity index is 0.776.